The van der Waals surface area contributed by atoms with Crippen LogP contribution in [0.5, 0.6) is 11.5 Å². The fourth-order valence-electron chi connectivity index (χ4n) is 1.40. The highest BCUT2D eigenvalue weighted by Crippen LogP contribution is 2.25. The van der Waals surface area contributed by atoms with Gasteiger partial charge in [-0.15, -0.1) is 0 Å². The van der Waals surface area contributed by atoms with E-state index in [2.05, 4.69) is 5.32 Å². The molecule has 18 heavy (non-hydrogen) atoms. The van der Waals surface area contributed by atoms with Gasteiger partial charge in [0.25, 0.3) is 0 Å². The summed E-state index contributed by atoms with van der Waals surface area (Å²) < 4.78 is 16.1. The Hall–Kier alpha value is -1.30. The van der Waals surface area contributed by atoms with Crippen molar-refractivity contribution in [1.82, 2.24) is 5.32 Å². The lowest BCUT2D eigenvalue weighted by atomic mass is 10.3. The maximum absolute atomic E-state index is 8.55. The van der Waals surface area contributed by atoms with Gasteiger partial charge in [-0.3, -0.25) is 0 Å². The SMILES string of the molecule is COc1ccccc1OCCOCCNCCO. The molecule has 5 heteroatoms. The van der Waals surface area contributed by atoms with Gasteiger partial charge >= 0.3 is 0 Å². The van der Waals surface area contributed by atoms with E-state index >= 15 is 0 Å². The third-order valence-corrected chi connectivity index (χ3v) is 2.27. The maximum atomic E-state index is 8.55. The molecule has 0 fully saturated rings. The van der Waals surface area contributed by atoms with Crippen LogP contribution >= 0.6 is 0 Å². The Morgan fingerprint density at radius 1 is 1.06 bits per heavy atom. The molecule has 1 rings (SSSR count). The molecule has 0 spiro atoms. The first-order valence-corrected chi connectivity index (χ1v) is 6.03. The first-order chi connectivity index (χ1) is 8.88. The first-order valence-electron chi connectivity index (χ1n) is 6.03. The van der Waals surface area contributed by atoms with E-state index in [1.807, 2.05) is 24.3 Å². The molecule has 102 valence electrons. The van der Waals surface area contributed by atoms with Crippen molar-refractivity contribution in [3.63, 3.8) is 0 Å². The fraction of sp³-hybridized carbons (Fsp3) is 0.538. The molecule has 1 aromatic carbocycles. The van der Waals surface area contributed by atoms with Crippen LogP contribution in [0.3, 0.4) is 0 Å². The molecule has 0 bridgehead atoms. The molecule has 0 aliphatic carbocycles. The molecule has 5 nitrogen and oxygen atoms in total. The molecule has 0 heterocycles. The van der Waals surface area contributed by atoms with Gasteiger partial charge in [-0.25, -0.2) is 0 Å². The van der Waals surface area contributed by atoms with E-state index in [1.54, 1.807) is 7.11 Å². The lowest BCUT2D eigenvalue weighted by molar-refractivity contribution is 0.1000. The Bertz CT molecular complexity index is 320. The summed E-state index contributed by atoms with van der Waals surface area (Å²) in [6.07, 6.45) is 0. The second-order valence-electron chi connectivity index (χ2n) is 3.59. The summed E-state index contributed by atoms with van der Waals surface area (Å²) in [5, 5.41) is 11.6. The van der Waals surface area contributed by atoms with E-state index in [0.29, 0.717) is 26.4 Å². The molecule has 0 saturated heterocycles. The van der Waals surface area contributed by atoms with Crippen molar-refractivity contribution in [2.24, 2.45) is 0 Å². The van der Waals surface area contributed by atoms with E-state index in [4.69, 9.17) is 19.3 Å². The summed E-state index contributed by atoms with van der Waals surface area (Å²) in [5.41, 5.74) is 0. The van der Waals surface area contributed by atoms with Gasteiger partial charge in [-0.05, 0) is 12.1 Å². The van der Waals surface area contributed by atoms with Crippen LogP contribution in [-0.2, 0) is 4.74 Å². The number of benzene rings is 1. The van der Waals surface area contributed by atoms with Crippen molar-refractivity contribution in [3.8, 4) is 11.5 Å². The van der Waals surface area contributed by atoms with E-state index in [9.17, 15) is 0 Å². The Labute approximate surface area is 108 Å². The van der Waals surface area contributed by atoms with Crippen LogP contribution in [0.1, 0.15) is 0 Å². The summed E-state index contributed by atoms with van der Waals surface area (Å²) in [7, 11) is 1.62. The number of nitrogens with one attached hydrogen (secondary N) is 1. The summed E-state index contributed by atoms with van der Waals surface area (Å²) in [6, 6.07) is 7.52. The largest absolute Gasteiger partial charge is 0.493 e. The molecule has 0 amide bonds. The third-order valence-electron chi connectivity index (χ3n) is 2.27. The molecule has 0 aliphatic heterocycles. The normalized spacial score (nSPS) is 10.3. The van der Waals surface area contributed by atoms with Crippen LogP contribution in [0, 0.1) is 0 Å². The van der Waals surface area contributed by atoms with Crippen LogP contribution < -0.4 is 14.8 Å². The molecule has 0 aliphatic rings. The molecule has 1 aromatic rings. The van der Waals surface area contributed by atoms with Crippen molar-refractivity contribution in [1.29, 1.82) is 0 Å². The molecule has 0 atom stereocenters. The second-order valence-corrected chi connectivity index (χ2v) is 3.59. The molecule has 2 N–H and O–H groups in total. The number of rotatable bonds is 10. The van der Waals surface area contributed by atoms with E-state index in [0.717, 1.165) is 18.0 Å². The van der Waals surface area contributed by atoms with Gasteiger partial charge in [-0.1, -0.05) is 12.1 Å². The monoisotopic (exact) mass is 255 g/mol. The quantitative estimate of drug-likeness (QED) is 0.602. The molecular weight excluding hydrogens is 234 g/mol. The minimum Gasteiger partial charge on any atom is -0.493 e. The minimum absolute atomic E-state index is 0.150. The lowest BCUT2D eigenvalue weighted by Gasteiger charge is -2.10. The third kappa shape index (κ3) is 5.86. The number of aliphatic hydroxyl groups is 1. The van der Waals surface area contributed by atoms with Crippen LogP contribution in [-0.4, -0.2) is 51.7 Å². The van der Waals surface area contributed by atoms with Crippen LogP contribution in [0.4, 0.5) is 0 Å². The lowest BCUT2D eigenvalue weighted by Crippen LogP contribution is -2.23. The average Bonchev–Trinajstić information content (AvgIpc) is 2.42. The van der Waals surface area contributed by atoms with Crippen LogP contribution in [0.25, 0.3) is 0 Å². The topological polar surface area (TPSA) is 60.0 Å². The Balaban J connectivity index is 2.07. The Morgan fingerprint density at radius 2 is 1.83 bits per heavy atom. The number of hydrogen-bond donors (Lipinski definition) is 2. The zero-order valence-corrected chi connectivity index (χ0v) is 10.7. The second kappa shape index (κ2) is 9.70. The van der Waals surface area contributed by atoms with E-state index in [1.165, 1.54) is 0 Å². The Kier molecular flexibility index (Phi) is 7.96. The van der Waals surface area contributed by atoms with Gasteiger partial charge in [0.1, 0.15) is 6.61 Å². The minimum atomic E-state index is 0.150. The number of methoxy groups -OCH3 is 1. The predicted octanol–water partition coefficient (Wildman–Crippen LogP) is 0.672. The summed E-state index contributed by atoms with van der Waals surface area (Å²) >= 11 is 0. The smallest absolute Gasteiger partial charge is 0.161 e. The molecule has 0 aromatic heterocycles. The van der Waals surface area contributed by atoms with E-state index < -0.39 is 0 Å². The van der Waals surface area contributed by atoms with Crippen molar-refractivity contribution in [3.05, 3.63) is 24.3 Å². The van der Waals surface area contributed by atoms with Crippen molar-refractivity contribution in [2.45, 2.75) is 0 Å². The Morgan fingerprint density at radius 3 is 2.56 bits per heavy atom. The van der Waals surface area contributed by atoms with Crippen molar-refractivity contribution < 1.29 is 19.3 Å². The van der Waals surface area contributed by atoms with Crippen LogP contribution in [0.15, 0.2) is 24.3 Å². The zero-order valence-electron chi connectivity index (χ0n) is 10.7. The number of ether oxygens (including phenoxy) is 3. The standard InChI is InChI=1S/C13H21NO4/c1-16-12-4-2-3-5-13(12)18-11-10-17-9-7-14-6-8-15/h2-5,14-15H,6-11H2,1H3. The zero-order chi connectivity index (χ0) is 13.1. The molecule has 0 radical (unpaired) electrons. The van der Waals surface area contributed by atoms with Crippen molar-refractivity contribution in [2.75, 3.05) is 46.6 Å². The van der Waals surface area contributed by atoms with Gasteiger partial charge in [-0.2, -0.15) is 0 Å². The summed E-state index contributed by atoms with van der Waals surface area (Å²) in [4.78, 5) is 0. The van der Waals surface area contributed by atoms with Gasteiger partial charge in [0.15, 0.2) is 11.5 Å². The molecule has 0 unspecified atom stereocenters. The maximum Gasteiger partial charge on any atom is 0.161 e. The van der Waals surface area contributed by atoms with Crippen molar-refractivity contribution >= 4 is 0 Å². The van der Waals surface area contributed by atoms with E-state index in [-0.39, 0.29) is 6.61 Å². The molecule has 0 saturated carbocycles. The van der Waals surface area contributed by atoms with Gasteiger partial charge < -0.3 is 24.6 Å². The number of para-hydroxylation sites is 2. The van der Waals surface area contributed by atoms with Crippen LogP contribution in [0.2, 0.25) is 0 Å². The highest BCUT2D eigenvalue weighted by atomic mass is 16.5. The number of aliphatic hydroxyl groups excluding tert-OH is 1. The van der Waals surface area contributed by atoms with Gasteiger partial charge in [0, 0.05) is 13.1 Å². The molecular formula is C13H21NO4. The predicted molar refractivity (Wildman–Crippen MR) is 69.3 cm³/mol. The average molecular weight is 255 g/mol. The summed E-state index contributed by atoms with van der Waals surface area (Å²) in [6.45, 7) is 3.10. The van der Waals surface area contributed by atoms with Gasteiger partial charge in [0.2, 0.25) is 0 Å². The number of hydrogen-bond acceptors (Lipinski definition) is 5. The summed E-state index contributed by atoms with van der Waals surface area (Å²) in [5.74, 6) is 1.45. The van der Waals surface area contributed by atoms with Gasteiger partial charge in [0.05, 0.1) is 26.9 Å². The first kappa shape index (κ1) is 14.8. The highest BCUT2D eigenvalue weighted by Gasteiger charge is 2.01. The highest BCUT2D eigenvalue weighted by molar-refractivity contribution is 5.39. The fourth-order valence-corrected chi connectivity index (χ4v) is 1.40.